The molecule has 0 aliphatic heterocycles. The van der Waals surface area contributed by atoms with E-state index in [9.17, 15) is 9.18 Å². The van der Waals surface area contributed by atoms with Gasteiger partial charge in [-0.25, -0.2) is 9.37 Å². The van der Waals surface area contributed by atoms with Crippen LogP contribution in [0, 0.1) is 5.82 Å². The van der Waals surface area contributed by atoms with Gasteiger partial charge in [-0.05, 0) is 28.9 Å². The highest BCUT2D eigenvalue weighted by molar-refractivity contribution is 9.10. The summed E-state index contributed by atoms with van der Waals surface area (Å²) in [5, 5.41) is 0. The number of aromatic nitrogens is 2. The largest absolute Gasteiger partial charge is 0.368 e. The third-order valence-corrected chi connectivity index (χ3v) is 3.57. The average molecular weight is 335 g/mol. The van der Waals surface area contributed by atoms with Crippen molar-refractivity contribution >= 4 is 44.5 Å². The van der Waals surface area contributed by atoms with Crippen LogP contribution in [-0.4, -0.2) is 15.5 Å². The van der Waals surface area contributed by atoms with E-state index in [1.54, 1.807) is 17.6 Å². The molecule has 1 atom stereocenters. The number of primary amides is 1. The van der Waals surface area contributed by atoms with Gasteiger partial charge in [0.05, 0.1) is 21.4 Å². The molecule has 0 fully saturated rings. The zero-order valence-electron chi connectivity index (χ0n) is 9.45. The summed E-state index contributed by atoms with van der Waals surface area (Å²) in [6, 6.07) is 2.26. The SMILES string of the molecule is CC(C(N)=O)n1c(CCl)nc2cc(F)c(Br)cc21. The molecular weight excluding hydrogens is 324 g/mol. The van der Waals surface area contributed by atoms with Crippen molar-refractivity contribution in [1.29, 1.82) is 0 Å². The first kappa shape index (κ1) is 13.3. The number of halogens is 3. The van der Waals surface area contributed by atoms with Crippen molar-refractivity contribution in [3.8, 4) is 0 Å². The van der Waals surface area contributed by atoms with E-state index in [4.69, 9.17) is 17.3 Å². The molecule has 0 aliphatic rings. The molecule has 0 saturated heterocycles. The average Bonchev–Trinajstić information content (AvgIpc) is 2.66. The summed E-state index contributed by atoms with van der Waals surface area (Å²) in [6.07, 6.45) is 0. The summed E-state index contributed by atoms with van der Waals surface area (Å²) in [5.74, 6) is -0.317. The lowest BCUT2D eigenvalue weighted by Crippen LogP contribution is -2.25. The Hall–Kier alpha value is -1.14. The molecule has 1 unspecified atom stereocenters. The molecule has 1 aromatic heterocycles. The highest BCUT2D eigenvalue weighted by atomic mass is 79.9. The minimum Gasteiger partial charge on any atom is -0.368 e. The van der Waals surface area contributed by atoms with E-state index in [1.807, 2.05) is 0 Å². The molecule has 1 amide bonds. The predicted molar refractivity (Wildman–Crippen MR) is 70.9 cm³/mol. The minimum absolute atomic E-state index is 0.117. The number of carbonyl (C=O) groups is 1. The molecule has 96 valence electrons. The maximum absolute atomic E-state index is 13.4. The van der Waals surface area contributed by atoms with E-state index in [0.717, 1.165) is 0 Å². The maximum Gasteiger partial charge on any atom is 0.240 e. The normalized spacial score (nSPS) is 12.9. The predicted octanol–water partition coefficient (Wildman–Crippen LogP) is 2.72. The zero-order valence-corrected chi connectivity index (χ0v) is 11.8. The highest BCUT2D eigenvalue weighted by Gasteiger charge is 2.20. The fraction of sp³-hybridized carbons (Fsp3) is 0.273. The number of benzene rings is 1. The molecule has 1 heterocycles. The number of carbonyl (C=O) groups excluding carboxylic acids is 1. The summed E-state index contributed by atoms with van der Waals surface area (Å²) in [4.78, 5) is 15.5. The number of rotatable bonds is 3. The summed E-state index contributed by atoms with van der Waals surface area (Å²) in [6.45, 7) is 1.65. The van der Waals surface area contributed by atoms with Crippen LogP contribution in [0.15, 0.2) is 16.6 Å². The lowest BCUT2D eigenvalue weighted by molar-refractivity contribution is -0.120. The van der Waals surface area contributed by atoms with Gasteiger partial charge >= 0.3 is 0 Å². The molecule has 4 nitrogen and oxygen atoms in total. The Labute approximate surface area is 116 Å². The number of alkyl halides is 1. The quantitative estimate of drug-likeness (QED) is 0.877. The van der Waals surface area contributed by atoms with Gasteiger partial charge in [0.1, 0.15) is 17.7 Å². The molecule has 1 aromatic carbocycles. The van der Waals surface area contributed by atoms with Crippen LogP contribution in [0.1, 0.15) is 18.8 Å². The van der Waals surface area contributed by atoms with Crippen LogP contribution in [0.5, 0.6) is 0 Å². The Morgan fingerprint density at radius 2 is 2.33 bits per heavy atom. The first-order chi connectivity index (χ1) is 8.45. The van der Waals surface area contributed by atoms with Crippen LogP contribution < -0.4 is 5.73 Å². The fourth-order valence-corrected chi connectivity index (χ4v) is 2.31. The smallest absolute Gasteiger partial charge is 0.240 e. The van der Waals surface area contributed by atoms with Gasteiger partial charge in [-0.2, -0.15) is 0 Å². The summed E-state index contributed by atoms with van der Waals surface area (Å²) in [5.41, 5.74) is 6.35. The van der Waals surface area contributed by atoms with Gasteiger partial charge in [0.2, 0.25) is 5.91 Å². The van der Waals surface area contributed by atoms with Gasteiger partial charge in [-0.1, -0.05) is 0 Å². The van der Waals surface area contributed by atoms with E-state index in [2.05, 4.69) is 20.9 Å². The lowest BCUT2D eigenvalue weighted by Gasteiger charge is -2.13. The molecule has 0 spiro atoms. The molecule has 0 saturated carbocycles. The first-order valence-corrected chi connectivity index (χ1v) is 6.49. The third kappa shape index (κ3) is 2.10. The molecule has 2 rings (SSSR count). The van der Waals surface area contributed by atoms with E-state index >= 15 is 0 Å². The number of nitrogens with zero attached hydrogens (tertiary/aromatic N) is 2. The van der Waals surface area contributed by atoms with Crippen molar-refractivity contribution in [2.24, 2.45) is 5.73 Å². The van der Waals surface area contributed by atoms with Crippen molar-refractivity contribution in [3.63, 3.8) is 0 Å². The van der Waals surface area contributed by atoms with Crippen LogP contribution in [0.2, 0.25) is 0 Å². The summed E-state index contributed by atoms with van der Waals surface area (Å²) < 4.78 is 15.4. The minimum atomic E-state index is -0.596. The van der Waals surface area contributed by atoms with Gasteiger partial charge in [0.25, 0.3) is 0 Å². The molecule has 2 aromatic rings. The van der Waals surface area contributed by atoms with Crippen LogP contribution in [0.4, 0.5) is 4.39 Å². The Kier molecular flexibility index (Phi) is 3.59. The van der Waals surface area contributed by atoms with Gasteiger partial charge in [0, 0.05) is 6.07 Å². The van der Waals surface area contributed by atoms with Crippen LogP contribution >= 0.6 is 27.5 Å². The number of imidazole rings is 1. The molecule has 18 heavy (non-hydrogen) atoms. The van der Waals surface area contributed by atoms with Crippen molar-refractivity contribution in [2.45, 2.75) is 18.8 Å². The van der Waals surface area contributed by atoms with Gasteiger partial charge in [-0.15, -0.1) is 11.6 Å². The highest BCUT2D eigenvalue weighted by Crippen LogP contribution is 2.27. The standard InChI is InChI=1S/C11H10BrClFN3O/c1-5(11(15)18)17-9-2-6(12)7(14)3-8(9)16-10(17)4-13/h2-3,5H,4H2,1H3,(H2,15,18). The summed E-state index contributed by atoms with van der Waals surface area (Å²) in [7, 11) is 0. The molecule has 2 N–H and O–H groups in total. The monoisotopic (exact) mass is 333 g/mol. The molecule has 0 radical (unpaired) electrons. The lowest BCUT2D eigenvalue weighted by atomic mass is 10.2. The maximum atomic E-state index is 13.4. The Balaban J connectivity index is 2.76. The van der Waals surface area contributed by atoms with Crippen molar-refractivity contribution in [2.75, 3.05) is 0 Å². The molecule has 7 heteroatoms. The number of nitrogens with two attached hydrogens (primary N) is 1. The van der Waals surface area contributed by atoms with Crippen LogP contribution in [-0.2, 0) is 10.7 Å². The topological polar surface area (TPSA) is 60.9 Å². The second kappa shape index (κ2) is 4.85. The van der Waals surface area contributed by atoms with Gasteiger partial charge in [-0.3, -0.25) is 4.79 Å². The number of amides is 1. The van der Waals surface area contributed by atoms with E-state index < -0.39 is 17.8 Å². The molecular formula is C11H10BrClFN3O. The third-order valence-electron chi connectivity index (χ3n) is 2.72. The van der Waals surface area contributed by atoms with E-state index in [1.165, 1.54) is 6.07 Å². The number of fused-ring (bicyclic) bond motifs is 1. The fourth-order valence-electron chi connectivity index (χ4n) is 1.79. The summed E-state index contributed by atoms with van der Waals surface area (Å²) >= 11 is 8.89. The van der Waals surface area contributed by atoms with E-state index in [-0.39, 0.29) is 5.88 Å². The van der Waals surface area contributed by atoms with Crippen molar-refractivity contribution < 1.29 is 9.18 Å². The molecule has 0 bridgehead atoms. The Morgan fingerprint density at radius 1 is 1.67 bits per heavy atom. The van der Waals surface area contributed by atoms with E-state index in [0.29, 0.717) is 21.3 Å². The van der Waals surface area contributed by atoms with Gasteiger partial charge < -0.3 is 10.3 Å². The first-order valence-electron chi connectivity index (χ1n) is 5.16. The van der Waals surface area contributed by atoms with Crippen LogP contribution in [0.25, 0.3) is 11.0 Å². The second-order valence-electron chi connectivity index (χ2n) is 3.87. The zero-order chi connectivity index (χ0) is 13.4. The number of hydrogen-bond acceptors (Lipinski definition) is 2. The van der Waals surface area contributed by atoms with Gasteiger partial charge in [0.15, 0.2) is 0 Å². The Morgan fingerprint density at radius 3 is 2.89 bits per heavy atom. The number of hydrogen-bond donors (Lipinski definition) is 1. The molecule has 0 aliphatic carbocycles. The Bertz CT molecular complexity index is 628. The van der Waals surface area contributed by atoms with Crippen molar-refractivity contribution in [3.05, 3.63) is 28.2 Å². The van der Waals surface area contributed by atoms with Crippen molar-refractivity contribution in [1.82, 2.24) is 9.55 Å². The second-order valence-corrected chi connectivity index (χ2v) is 4.99. The van der Waals surface area contributed by atoms with Crippen LogP contribution in [0.3, 0.4) is 0 Å².